The molecule has 2 aliphatic heterocycles. The highest BCUT2D eigenvalue weighted by atomic mass is 16.6. The normalized spacial score (nSPS) is 21.6. The monoisotopic (exact) mass is 411 g/mol. The summed E-state index contributed by atoms with van der Waals surface area (Å²) in [4.78, 5) is 15.2. The molecule has 1 spiro atoms. The highest BCUT2D eigenvalue weighted by Gasteiger charge is 2.53. The second kappa shape index (κ2) is 6.88. The van der Waals surface area contributed by atoms with Crippen molar-refractivity contribution in [2.24, 2.45) is 0 Å². The van der Waals surface area contributed by atoms with Gasteiger partial charge in [0.1, 0.15) is 11.5 Å². The molecular weight excluding hydrogens is 386 g/mol. The van der Waals surface area contributed by atoms with Crippen molar-refractivity contribution in [2.75, 3.05) is 11.9 Å². The average molecular weight is 412 g/mol. The third-order valence-electron chi connectivity index (χ3n) is 7.13. The quantitative estimate of drug-likeness (QED) is 0.483. The van der Waals surface area contributed by atoms with Crippen LogP contribution in [0.2, 0.25) is 0 Å². The Balaban J connectivity index is 1.52. The Kier molecular flexibility index (Phi) is 4.10. The summed E-state index contributed by atoms with van der Waals surface area (Å²) in [5.74, 6) is 1.20. The van der Waals surface area contributed by atoms with E-state index < -0.39 is 5.60 Å². The van der Waals surface area contributed by atoms with Crippen LogP contribution in [0, 0.1) is 0 Å². The number of nitrogens with zero attached hydrogens (tertiary/aromatic N) is 1. The Morgan fingerprint density at radius 1 is 0.839 bits per heavy atom. The van der Waals surface area contributed by atoms with Crippen LogP contribution >= 0.6 is 0 Å². The van der Waals surface area contributed by atoms with Gasteiger partial charge in [-0.25, -0.2) is 4.79 Å². The predicted molar refractivity (Wildman–Crippen MR) is 120 cm³/mol. The molecule has 6 rings (SSSR count). The number of carbonyl (C=O) groups is 1. The highest BCUT2D eigenvalue weighted by molar-refractivity contribution is 5.97. The van der Waals surface area contributed by atoms with E-state index in [0.717, 1.165) is 33.9 Å². The third kappa shape index (κ3) is 2.64. The molecule has 4 nitrogen and oxygen atoms in total. The molecule has 1 aliphatic carbocycles. The first-order valence-electron chi connectivity index (χ1n) is 11.2. The van der Waals surface area contributed by atoms with Crippen LogP contribution in [-0.2, 0) is 10.3 Å². The van der Waals surface area contributed by atoms with Gasteiger partial charge in [0, 0.05) is 41.5 Å². The van der Waals surface area contributed by atoms with Gasteiger partial charge in [-0.15, -0.1) is 0 Å². The van der Waals surface area contributed by atoms with Gasteiger partial charge in [-0.1, -0.05) is 55.7 Å². The van der Waals surface area contributed by atoms with Gasteiger partial charge >= 0.3 is 5.97 Å². The second-order valence-electron chi connectivity index (χ2n) is 8.80. The molecule has 0 radical (unpaired) electrons. The minimum Gasteiger partial charge on any atom is -0.456 e. The Morgan fingerprint density at radius 2 is 1.55 bits per heavy atom. The van der Waals surface area contributed by atoms with Crippen molar-refractivity contribution in [3.63, 3.8) is 0 Å². The lowest BCUT2D eigenvalue weighted by atomic mass is 9.77. The SMILES string of the molecule is CN(c1ccc2c(c1)Oc1ccccc1C21OC(=O)c2ccccc21)C1CCCCC1. The molecule has 0 bridgehead atoms. The molecule has 1 fully saturated rings. The number of hydrogen-bond acceptors (Lipinski definition) is 4. The molecule has 0 amide bonds. The van der Waals surface area contributed by atoms with Gasteiger partial charge in [0.2, 0.25) is 0 Å². The number of ether oxygens (including phenoxy) is 2. The lowest BCUT2D eigenvalue weighted by molar-refractivity contribution is 0.0224. The maximum Gasteiger partial charge on any atom is 0.340 e. The van der Waals surface area contributed by atoms with Crippen LogP contribution in [0.25, 0.3) is 0 Å². The largest absolute Gasteiger partial charge is 0.456 e. The van der Waals surface area contributed by atoms with Gasteiger partial charge in [0.15, 0.2) is 5.60 Å². The molecule has 3 aromatic carbocycles. The average Bonchev–Trinajstić information content (AvgIpc) is 3.12. The van der Waals surface area contributed by atoms with E-state index in [1.165, 1.54) is 32.1 Å². The molecule has 31 heavy (non-hydrogen) atoms. The van der Waals surface area contributed by atoms with Crippen LogP contribution in [0.15, 0.2) is 66.7 Å². The summed E-state index contributed by atoms with van der Waals surface area (Å²) in [5.41, 5.74) is 3.41. The lowest BCUT2D eigenvalue weighted by Gasteiger charge is -2.38. The molecule has 1 unspecified atom stereocenters. The fourth-order valence-electron chi connectivity index (χ4n) is 5.51. The minimum absolute atomic E-state index is 0.290. The molecule has 0 N–H and O–H groups in total. The zero-order valence-corrected chi connectivity index (χ0v) is 17.6. The Bertz CT molecular complexity index is 1180. The molecule has 4 heteroatoms. The Morgan fingerprint density at radius 3 is 2.39 bits per heavy atom. The van der Waals surface area contributed by atoms with Crippen LogP contribution in [0.5, 0.6) is 11.5 Å². The standard InChI is InChI=1S/C27H25NO3/c1-28(18-9-3-2-4-10-18)19-15-16-23-25(17-19)30-24-14-8-7-13-22(24)27(23)21-12-6-5-11-20(21)26(29)31-27/h5-8,11-18H,2-4,9-10H2,1H3. The predicted octanol–water partition coefficient (Wildman–Crippen LogP) is 6.02. The summed E-state index contributed by atoms with van der Waals surface area (Å²) in [6.07, 6.45) is 6.37. The van der Waals surface area contributed by atoms with Crippen LogP contribution in [0.3, 0.4) is 0 Å². The Labute approximate surface area is 182 Å². The summed E-state index contributed by atoms with van der Waals surface area (Å²) >= 11 is 0. The van der Waals surface area contributed by atoms with E-state index in [9.17, 15) is 4.79 Å². The van der Waals surface area contributed by atoms with E-state index >= 15 is 0 Å². The van der Waals surface area contributed by atoms with E-state index in [1.807, 2.05) is 48.5 Å². The van der Waals surface area contributed by atoms with Gasteiger partial charge in [0.05, 0.1) is 5.56 Å². The van der Waals surface area contributed by atoms with Gasteiger partial charge in [-0.2, -0.15) is 0 Å². The first kappa shape index (κ1) is 18.5. The number of rotatable bonds is 2. The highest BCUT2D eigenvalue weighted by Crippen LogP contribution is 2.56. The van der Waals surface area contributed by atoms with E-state index in [2.05, 4.69) is 30.1 Å². The fraction of sp³-hybridized carbons (Fsp3) is 0.296. The molecular formula is C27H25NO3. The number of anilines is 1. The fourth-order valence-corrected chi connectivity index (χ4v) is 5.51. The number of para-hydroxylation sites is 1. The summed E-state index contributed by atoms with van der Waals surface area (Å²) < 4.78 is 12.6. The number of carbonyl (C=O) groups excluding carboxylic acids is 1. The maximum absolute atomic E-state index is 12.9. The number of hydrogen-bond donors (Lipinski definition) is 0. The summed E-state index contributed by atoms with van der Waals surface area (Å²) in [6, 6.07) is 22.4. The van der Waals surface area contributed by atoms with Gasteiger partial charge in [-0.3, -0.25) is 0 Å². The second-order valence-corrected chi connectivity index (χ2v) is 8.80. The van der Waals surface area contributed by atoms with E-state index in [-0.39, 0.29) is 5.97 Å². The van der Waals surface area contributed by atoms with Crippen molar-refractivity contribution in [1.82, 2.24) is 0 Å². The van der Waals surface area contributed by atoms with Crippen LogP contribution < -0.4 is 9.64 Å². The van der Waals surface area contributed by atoms with Crippen molar-refractivity contribution in [3.8, 4) is 11.5 Å². The van der Waals surface area contributed by atoms with E-state index in [0.29, 0.717) is 11.6 Å². The number of fused-ring (bicyclic) bond motifs is 6. The van der Waals surface area contributed by atoms with Gasteiger partial charge in [0.25, 0.3) is 0 Å². The first-order valence-corrected chi connectivity index (χ1v) is 11.2. The summed E-state index contributed by atoms with van der Waals surface area (Å²) in [6.45, 7) is 0. The molecule has 0 saturated heterocycles. The lowest BCUT2D eigenvalue weighted by Crippen LogP contribution is -2.35. The Hall–Kier alpha value is -3.27. The molecule has 3 aliphatic rings. The van der Waals surface area contributed by atoms with E-state index in [4.69, 9.17) is 9.47 Å². The smallest absolute Gasteiger partial charge is 0.340 e. The molecule has 156 valence electrons. The van der Waals surface area contributed by atoms with Crippen LogP contribution in [0.1, 0.15) is 59.2 Å². The third-order valence-corrected chi connectivity index (χ3v) is 7.13. The van der Waals surface area contributed by atoms with Crippen molar-refractivity contribution >= 4 is 11.7 Å². The minimum atomic E-state index is -0.972. The van der Waals surface area contributed by atoms with Crippen molar-refractivity contribution in [1.29, 1.82) is 0 Å². The maximum atomic E-state index is 12.9. The summed E-state index contributed by atoms with van der Waals surface area (Å²) in [5, 5.41) is 0. The molecule has 2 heterocycles. The zero-order valence-electron chi connectivity index (χ0n) is 17.6. The molecule has 0 aromatic heterocycles. The topological polar surface area (TPSA) is 38.8 Å². The molecule has 1 saturated carbocycles. The van der Waals surface area contributed by atoms with E-state index in [1.54, 1.807) is 0 Å². The molecule has 3 aromatic rings. The number of benzene rings is 3. The van der Waals surface area contributed by atoms with Crippen molar-refractivity contribution in [2.45, 2.75) is 43.7 Å². The van der Waals surface area contributed by atoms with Gasteiger partial charge < -0.3 is 14.4 Å². The molecule has 1 atom stereocenters. The van der Waals surface area contributed by atoms with Crippen molar-refractivity contribution < 1.29 is 14.3 Å². The summed E-state index contributed by atoms with van der Waals surface area (Å²) in [7, 11) is 2.18. The zero-order chi connectivity index (χ0) is 21.0. The number of esters is 1. The van der Waals surface area contributed by atoms with Crippen LogP contribution in [-0.4, -0.2) is 19.1 Å². The van der Waals surface area contributed by atoms with Crippen molar-refractivity contribution in [3.05, 3.63) is 89.0 Å². The first-order chi connectivity index (χ1) is 15.2. The van der Waals surface area contributed by atoms with Gasteiger partial charge in [-0.05, 0) is 37.1 Å². The van der Waals surface area contributed by atoms with Crippen LogP contribution in [0.4, 0.5) is 5.69 Å².